The number of hydrogen-bond acceptors (Lipinski definition) is 2. The zero-order valence-electron chi connectivity index (χ0n) is 8.92. The molecule has 0 fully saturated rings. The van der Waals surface area contributed by atoms with Crippen molar-refractivity contribution < 1.29 is 9.59 Å². The fourth-order valence-corrected chi connectivity index (χ4v) is 0.592. The Balaban J connectivity index is 0. The molecule has 0 saturated heterocycles. The average molecular weight is 186 g/mol. The van der Waals surface area contributed by atoms with E-state index in [0.717, 1.165) is 0 Å². The minimum Gasteiger partial charge on any atom is -0.355 e. The zero-order chi connectivity index (χ0) is 10.9. The summed E-state index contributed by atoms with van der Waals surface area (Å²) in [4.78, 5) is 22.2. The Morgan fingerprint density at radius 1 is 1.38 bits per heavy atom. The first-order valence-corrected chi connectivity index (χ1v) is 4.19. The first kappa shape index (κ1) is 14.2. The van der Waals surface area contributed by atoms with Crippen LogP contribution in [-0.2, 0) is 9.59 Å². The predicted molar refractivity (Wildman–Crippen MR) is 53.0 cm³/mol. The van der Waals surface area contributed by atoms with Gasteiger partial charge in [0.15, 0.2) is 0 Å². The average Bonchev–Trinajstić information content (AvgIpc) is 2.19. The smallest absolute Gasteiger partial charge is 0.248 e. The van der Waals surface area contributed by atoms with Crippen LogP contribution in [0.15, 0.2) is 11.8 Å². The second kappa shape index (κ2) is 8.77. The molecule has 76 valence electrons. The van der Waals surface area contributed by atoms with Crippen molar-refractivity contribution in [2.24, 2.45) is 0 Å². The third-order valence-corrected chi connectivity index (χ3v) is 1.15. The maximum atomic E-state index is 10.8. The van der Waals surface area contributed by atoms with Crippen molar-refractivity contribution in [3.8, 4) is 0 Å². The van der Waals surface area contributed by atoms with Crippen LogP contribution in [0.2, 0.25) is 0 Å². The highest BCUT2D eigenvalue weighted by Crippen LogP contribution is 1.92. The first-order valence-electron chi connectivity index (χ1n) is 4.19. The van der Waals surface area contributed by atoms with E-state index in [9.17, 15) is 9.59 Å². The molecule has 0 spiro atoms. The van der Waals surface area contributed by atoms with Gasteiger partial charge in [-0.3, -0.25) is 9.59 Å². The van der Waals surface area contributed by atoms with Crippen molar-refractivity contribution in [1.29, 1.82) is 0 Å². The number of hydrogen-bond donors (Lipinski definition) is 1. The molecule has 0 unspecified atom stereocenters. The van der Waals surface area contributed by atoms with E-state index in [-0.39, 0.29) is 5.91 Å². The molecule has 0 aliphatic carbocycles. The monoisotopic (exact) mass is 186 g/mol. The summed E-state index contributed by atoms with van der Waals surface area (Å²) in [5.41, 5.74) is 0.502. The molecule has 0 bridgehead atoms. The lowest BCUT2D eigenvalue weighted by atomic mass is 10.3. The molecule has 13 heavy (non-hydrogen) atoms. The van der Waals surface area contributed by atoms with Gasteiger partial charge in [-0.2, -0.15) is 0 Å². The number of amides is 2. The first-order chi connectivity index (χ1) is 6.11. The molecule has 0 atom stereocenters. The topological polar surface area (TPSA) is 49.4 Å². The van der Waals surface area contributed by atoms with E-state index in [0.29, 0.717) is 12.0 Å². The molecular formula is C9H18N2O2. The number of carbonyl (C=O) groups is 2. The van der Waals surface area contributed by atoms with Crippen LogP contribution < -0.4 is 5.32 Å². The summed E-state index contributed by atoms with van der Waals surface area (Å²) in [5, 5.41) is 2.44. The van der Waals surface area contributed by atoms with Crippen LogP contribution in [0.1, 0.15) is 20.8 Å². The highest BCUT2D eigenvalue weighted by molar-refractivity contribution is 5.92. The van der Waals surface area contributed by atoms with Crippen LogP contribution in [0, 0.1) is 0 Å². The van der Waals surface area contributed by atoms with Gasteiger partial charge in [-0.25, -0.2) is 0 Å². The number of nitrogens with one attached hydrogen (secondary N) is 1. The summed E-state index contributed by atoms with van der Waals surface area (Å²) in [5.74, 6) is -0.182. The lowest BCUT2D eigenvalue weighted by Crippen LogP contribution is -2.20. The van der Waals surface area contributed by atoms with Crippen LogP contribution >= 0.6 is 0 Å². The van der Waals surface area contributed by atoms with Gasteiger partial charge in [0.05, 0.1) is 0 Å². The molecule has 0 heterocycles. The Labute approximate surface area is 79.6 Å². The summed E-state index contributed by atoms with van der Waals surface area (Å²) in [6, 6.07) is 0. The third-order valence-electron chi connectivity index (χ3n) is 1.15. The van der Waals surface area contributed by atoms with E-state index in [2.05, 4.69) is 5.32 Å². The number of nitrogens with zero attached hydrogens (tertiary/aromatic N) is 1. The Morgan fingerprint density at radius 3 is 2.15 bits per heavy atom. The number of carbonyl (C=O) groups excluding carboxylic acids is 2. The van der Waals surface area contributed by atoms with Gasteiger partial charge in [0.25, 0.3) is 0 Å². The standard InChI is InChI=1S/C7H12N2O2.C2H6/c1-6(7(11)8-2)4-9(3)5-10;1-2/h4-5H,1-3H3,(H,8,11);1-2H3/b6-4-;. The van der Waals surface area contributed by atoms with Crippen LogP contribution in [0.5, 0.6) is 0 Å². The van der Waals surface area contributed by atoms with Crippen molar-refractivity contribution in [2.45, 2.75) is 20.8 Å². The van der Waals surface area contributed by atoms with E-state index >= 15 is 0 Å². The molecule has 0 aromatic heterocycles. The van der Waals surface area contributed by atoms with Crippen molar-refractivity contribution in [3.63, 3.8) is 0 Å². The molecule has 0 aromatic rings. The molecule has 0 saturated carbocycles. The molecule has 1 N–H and O–H groups in total. The highest BCUT2D eigenvalue weighted by atomic mass is 16.2. The van der Waals surface area contributed by atoms with Crippen molar-refractivity contribution in [2.75, 3.05) is 14.1 Å². The van der Waals surface area contributed by atoms with Gasteiger partial charge in [0.2, 0.25) is 12.3 Å². The fraction of sp³-hybridized carbons (Fsp3) is 0.556. The summed E-state index contributed by atoms with van der Waals surface area (Å²) in [6.45, 7) is 5.64. The Bertz CT molecular complexity index is 188. The normalized spacial score (nSPS) is 9.46. The molecule has 0 rings (SSSR count). The third kappa shape index (κ3) is 7.05. The van der Waals surface area contributed by atoms with E-state index in [1.165, 1.54) is 11.1 Å². The van der Waals surface area contributed by atoms with Crippen molar-refractivity contribution in [1.82, 2.24) is 10.2 Å². The lowest BCUT2D eigenvalue weighted by Gasteiger charge is -2.04. The van der Waals surface area contributed by atoms with Gasteiger partial charge < -0.3 is 10.2 Å². The van der Waals surface area contributed by atoms with Crippen LogP contribution in [0.4, 0.5) is 0 Å². The highest BCUT2D eigenvalue weighted by Gasteiger charge is 2.00. The molecule has 0 radical (unpaired) electrons. The maximum absolute atomic E-state index is 10.8. The summed E-state index contributed by atoms with van der Waals surface area (Å²) in [6.07, 6.45) is 2.10. The van der Waals surface area contributed by atoms with E-state index < -0.39 is 0 Å². The second-order valence-corrected chi connectivity index (χ2v) is 2.16. The summed E-state index contributed by atoms with van der Waals surface area (Å²) >= 11 is 0. The molecule has 4 heteroatoms. The number of likely N-dealkylation sites (N-methyl/N-ethyl adjacent to an activating group) is 1. The molecule has 4 nitrogen and oxygen atoms in total. The van der Waals surface area contributed by atoms with Crippen molar-refractivity contribution >= 4 is 12.3 Å². The van der Waals surface area contributed by atoms with Gasteiger partial charge in [0, 0.05) is 25.9 Å². The van der Waals surface area contributed by atoms with Gasteiger partial charge in [-0.1, -0.05) is 13.8 Å². The SMILES string of the molecule is CC.CNC(=O)/C(C)=C\N(C)C=O. The summed E-state index contributed by atoms with van der Waals surface area (Å²) < 4.78 is 0. The van der Waals surface area contributed by atoms with Gasteiger partial charge in [-0.05, 0) is 6.92 Å². The Hall–Kier alpha value is -1.32. The Morgan fingerprint density at radius 2 is 1.85 bits per heavy atom. The summed E-state index contributed by atoms with van der Waals surface area (Å²) in [7, 11) is 3.11. The minimum absolute atomic E-state index is 0.182. The Kier molecular flexibility index (Phi) is 9.60. The largest absolute Gasteiger partial charge is 0.355 e. The lowest BCUT2D eigenvalue weighted by molar-refractivity contribution is -0.117. The van der Waals surface area contributed by atoms with Crippen LogP contribution in [-0.4, -0.2) is 31.3 Å². The molecule has 2 amide bonds. The maximum Gasteiger partial charge on any atom is 0.248 e. The second-order valence-electron chi connectivity index (χ2n) is 2.16. The minimum atomic E-state index is -0.182. The number of rotatable bonds is 3. The van der Waals surface area contributed by atoms with E-state index in [4.69, 9.17) is 0 Å². The van der Waals surface area contributed by atoms with Crippen molar-refractivity contribution in [3.05, 3.63) is 11.8 Å². The quantitative estimate of drug-likeness (QED) is 0.522. The van der Waals surface area contributed by atoms with Crippen LogP contribution in [0.25, 0.3) is 0 Å². The van der Waals surface area contributed by atoms with Crippen LogP contribution in [0.3, 0.4) is 0 Å². The van der Waals surface area contributed by atoms with Gasteiger partial charge in [-0.15, -0.1) is 0 Å². The molecule has 0 aromatic carbocycles. The van der Waals surface area contributed by atoms with E-state index in [1.807, 2.05) is 13.8 Å². The molecular weight excluding hydrogens is 168 g/mol. The van der Waals surface area contributed by atoms with E-state index in [1.54, 1.807) is 21.0 Å². The fourth-order valence-electron chi connectivity index (χ4n) is 0.592. The molecule has 0 aliphatic rings. The molecule has 0 aliphatic heterocycles. The van der Waals surface area contributed by atoms with Gasteiger partial charge in [0.1, 0.15) is 0 Å². The van der Waals surface area contributed by atoms with Gasteiger partial charge >= 0.3 is 0 Å². The predicted octanol–water partition coefficient (Wildman–Crippen LogP) is 0.751. The zero-order valence-corrected chi connectivity index (χ0v) is 8.92.